The SMILES string of the molecule is O=C(C[C@@H](CC1CCCC1)C(=O)NCC(=O)N1CCN(C(=O)c2ccc3c(c2)OCO3)CC1)NO. The standard InChI is InChI=1S/C24H32N4O7/c29-21(26-33)13-18(11-16-3-1-2-4-16)23(31)25-14-22(30)27-7-9-28(10-8-27)24(32)17-5-6-19-20(12-17)35-15-34-19/h5-6,12,16,18,33H,1-4,7-11,13-15H2,(H,25,31)(H,26,29)/t18-/m1/s1. The van der Waals surface area contributed by atoms with Crippen molar-refractivity contribution in [3.8, 4) is 11.5 Å². The first-order chi connectivity index (χ1) is 16.9. The molecule has 1 aromatic carbocycles. The van der Waals surface area contributed by atoms with Crippen molar-refractivity contribution < 1.29 is 33.9 Å². The van der Waals surface area contributed by atoms with E-state index < -0.39 is 11.8 Å². The third kappa shape index (κ3) is 6.21. The first kappa shape index (κ1) is 24.8. The van der Waals surface area contributed by atoms with E-state index in [9.17, 15) is 19.2 Å². The quantitative estimate of drug-likeness (QED) is 0.365. The highest BCUT2D eigenvalue weighted by Crippen LogP contribution is 2.33. The summed E-state index contributed by atoms with van der Waals surface area (Å²) in [6.45, 7) is 1.46. The molecule has 2 aliphatic heterocycles. The van der Waals surface area contributed by atoms with Crippen LogP contribution >= 0.6 is 0 Å². The fourth-order valence-corrected chi connectivity index (χ4v) is 4.99. The second-order valence-electron chi connectivity index (χ2n) is 9.28. The maximum Gasteiger partial charge on any atom is 0.254 e. The summed E-state index contributed by atoms with van der Waals surface area (Å²) in [4.78, 5) is 53.2. The normalized spacial score (nSPS) is 18.3. The minimum absolute atomic E-state index is 0.117. The summed E-state index contributed by atoms with van der Waals surface area (Å²) in [5.41, 5.74) is 2.09. The Morgan fingerprint density at radius 1 is 1.00 bits per heavy atom. The molecule has 0 bridgehead atoms. The summed E-state index contributed by atoms with van der Waals surface area (Å²) in [5.74, 6) is -0.398. The third-order valence-corrected chi connectivity index (χ3v) is 6.97. The van der Waals surface area contributed by atoms with Crippen molar-refractivity contribution in [1.82, 2.24) is 20.6 Å². The zero-order chi connectivity index (χ0) is 24.8. The van der Waals surface area contributed by atoms with Gasteiger partial charge in [-0.25, -0.2) is 5.48 Å². The summed E-state index contributed by atoms with van der Waals surface area (Å²) < 4.78 is 10.6. The number of benzene rings is 1. The maximum absolute atomic E-state index is 12.8. The van der Waals surface area contributed by atoms with Crippen LogP contribution in [-0.2, 0) is 14.4 Å². The Bertz CT molecular complexity index is 955. The molecule has 2 fully saturated rings. The second-order valence-corrected chi connectivity index (χ2v) is 9.28. The monoisotopic (exact) mass is 488 g/mol. The lowest BCUT2D eigenvalue weighted by Crippen LogP contribution is -2.53. The molecular weight excluding hydrogens is 456 g/mol. The minimum Gasteiger partial charge on any atom is -0.454 e. The second kappa shape index (κ2) is 11.4. The van der Waals surface area contributed by atoms with Crippen LogP contribution in [0.4, 0.5) is 0 Å². The molecule has 0 spiro atoms. The average molecular weight is 489 g/mol. The predicted molar refractivity (Wildman–Crippen MR) is 123 cm³/mol. The zero-order valence-electron chi connectivity index (χ0n) is 19.7. The van der Waals surface area contributed by atoms with E-state index in [0.717, 1.165) is 25.7 Å². The van der Waals surface area contributed by atoms with E-state index in [0.29, 0.717) is 55.6 Å². The van der Waals surface area contributed by atoms with Crippen molar-refractivity contribution >= 4 is 23.6 Å². The van der Waals surface area contributed by atoms with Crippen molar-refractivity contribution in [3.05, 3.63) is 23.8 Å². The fourth-order valence-electron chi connectivity index (χ4n) is 4.99. The summed E-state index contributed by atoms with van der Waals surface area (Å²) in [6.07, 6.45) is 4.73. The van der Waals surface area contributed by atoms with E-state index in [-0.39, 0.29) is 37.5 Å². The Morgan fingerprint density at radius 3 is 2.40 bits per heavy atom. The van der Waals surface area contributed by atoms with Gasteiger partial charge in [0.15, 0.2) is 11.5 Å². The van der Waals surface area contributed by atoms with Gasteiger partial charge in [0.1, 0.15) is 0 Å². The van der Waals surface area contributed by atoms with Gasteiger partial charge < -0.3 is 24.6 Å². The van der Waals surface area contributed by atoms with Gasteiger partial charge in [-0.2, -0.15) is 0 Å². The van der Waals surface area contributed by atoms with Crippen molar-refractivity contribution in [2.75, 3.05) is 39.5 Å². The van der Waals surface area contributed by atoms with E-state index in [2.05, 4.69) is 5.32 Å². The molecule has 35 heavy (non-hydrogen) atoms. The Hall–Kier alpha value is -3.34. The van der Waals surface area contributed by atoms with Gasteiger partial charge in [-0.3, -0.25) is 24.4 Å². The molecule has 190 valence electrons. The molecule has 1 aromatic rings. The van der Waals surface area contributed by atoms with Gasteiger partial charge in [-0.05, 0) is 30.5 Å². The molecule has 1 saturated carbocycles. The summed E-state index contributed by atoms with van der Waals surface area (Å²) in [6, 6.07) is 5.07. The molecule has 3 aliphatic rings. The molecule has 4 rings (SSSR count). The number of hydrogen-bond acceptors (Lipinski definition) is 7. The van der Waals surface area contributed by atoms with Crippen LogP contribution in [0.1, 0.15) is 48.9 Å². The van der Waals surface area contributed by atoms with Crippen LogP contribution < -0.4 is 20.3 Å². The van der Waals surface area contributed by atoms with E-state index in [1.807, 2.05) is 0 Å². The van der Waals surface area contributed by atoms with Crippen LogP contribution in [0.3, 0.4) is 0 Å². The van der Waals surface area contributed by atoms with Crippen molar-refractivity contribution in [2.45, 2.75) is 38.5 Å². The highest BCUT2D eigenvalue weighted by atomic mass is 16.7. The number of ether oxygens (including phenoxy) is 2. The van der Waals surface area contributed by atoms with Gasteiger partial charge in [-0.15, -0.1) is 0 Å². The molecule has 3 N–H and O–H groups in total. The Balaban J connectivity index is 1.24. The van der Waals surface area contributed by atoms with Crippen molar-refractivity contribution in [2.24, 2.45) is 11.8 Å². The largest absolute Gasteiger partial charge is 0.454 e. The van der Waals surface area contributed by atoms with Crippen LogP contribution in [0.5, 0.6) is 11.5 Å². The first-order valence-electron chi connectivity index (χ1n) is 12.1. The Morgan fingerprint density at radius 2 is 1.69 bits per heavy atom. The lowest BCUT2D eigenvalue weighted by molar-refractivity contribution is -0.137. The van der Waals surface area contributed by atoms with Crippen LogP contribution in [0.25, 0.3) is 0 Å². The molecule has 11 heteroatoms. The van der Waals surface area contributed by atoms with Gasteiger partial charge in [-0.1, -0.05) is 25.7 Å². The predicted octanol–water partition coefficient (Wildman–Crippen LogP) is 0.908. The molecule has 4 amide bonds. The molecule has 0 radical (unpaired) electrons. The molecule has 1 atom stereocenters. The summed E-state index contributed by atoms with van der Waals surface area (Å²) in [5, 5.41) is 11.5. The van der Waals surface area contributed by atoms with Gasteiger partial charge in [0.25, 0.3) is 5.91 Å². The van der Waals surface area contributed by atoms with E-state index in [4.69, 9.17) is 14.7 Å². The van der Waals surface area contributed by atoms with E-state index in [1.165, 1.54) is 0 Å². The van der Waals surface area contributed by atoms with Gasteiger partial charge in [0, 0.05) is 44.1 Å². The first-order valence-corrected chi connectivity index (χ1v) is 12.1. The number of nitrogens with one attached hydrogen (secondary N) is 2. The average Bonchev–Trinajstić information content (AvgIpc) is 3.57. The lowest BCUT2D eigenvalue weighted by atomic mass is 9.90. The zero-order valence-corrected chi connectivity index (χ0v) is 19.7. The van der Waals surface area contributed by atoms with Crippen LogP contribution in [0.15, 0.2) is 18.2 Å². The smallest absolute Gasteiger partial charge is 0.254 e. The number of carbonyl (C=O) groups is 4. The number of amides is 4. The Kier molecular flexibility index (Phi) is 8.06. The van der Waals surface area contributed by atoms with E-state index >= 15 is 0 Å². The molecule has 2 heterocycles. The molecular formula is C24H32N4O7. The van der Waals surface area contributed by atoms with Crippen molar-refractivity contribution in [3.63, 3.8) is 0 Å². The summed E-state index contributed by atoms with van der Waals surface area (Å²) >= 11 is 0. The molecule has 1 saturated heterocycles. The van der Waals surface area contributed by atoms with Gasteiger partial charge >= 0.3 is 0 Å². The highest BCUT2D eigenvalue weighted by molar-refractivity contribution is 5.95. The van der Waals surface area contributed by atoms with Gasteiger partial charge in [0.2, 0.25) is 24.5 Å². The van der Waals surface area contributed by atoms with Crippen LogP contribution in [0, 0.1) is 11.8 Å². The number of piperazine rings is 1. The lowest BCUT2D eigenvalue weighted by Gasteiger charge is -2.35. The molecule has 0 aromatic heterocycles. The number of carbonyl (C=O) groups excluding carboxylic acids is 4. The number of fused-ring (bicyclic) bond motifs is 1. The third-order valence-electron chi connectivity index (χ3n) is 6.97. The topological polar surface area (TPSA) is 138 Å². The Labute approximate surface area is 203 Å². The number of hydroxylamine groups is 1. The van der Waals surface area contributed by atoms with E-state index in [1.54, 1.807) is 33.5 Å². The fraction of sp³-hybridized carbons (Fsp3) is 0.583. The van der Waals surface area contributed by atoms with Crippen LogP contribution in [-0.4, -0.2) is 78.2 Å². The number of nitrogens with zero attached hydrogens (tertiary/aromatic N) is 2. The highest BCUT2D eigenvalue weighted by Gasteiger charge is 2.29. The molecule has 1 aliphatic carbocycles. The number of rotatable bonds is 8. The van der Waals surface area contributed by atoms with Gasteiger partial charge in [0.05, 0.1) is 6.54 Å². The number of hydrogen-bond donors (Lipinski definition) is 3. The van der Waals surface area contributed by atoms with Crippen LogP contribution in [0.2, 0.25) is 0 Å². The summed E-state index contributed by atoms with van der Waals surface area (Å²) in [7, 11) is 0. The minimum atomic E-state index is -0.613. The maximum atomic E-state index is 12.8. The van der Waals surface area contributed by atoms with Crippen molar-refractivity contribution in [1.29, 1.82) is 0 Å². The molecule has 0 unspecified atom stereocenters. The molecule has 11 nitrogen and oxygen atoms in total.